The number of nitrogens with two attached hydrogens (primary N) is 1. The summed E-state index contributed by atoms with van der Waals surface area (Å²) < 4.78 is 5.22. The average Bonchev–Trinajstić information content (AvgIpc) is 3.12. The molecule has 92 valence electrons. The maximum absolute atomic E-state index is 12.2. The molecule has 1 atom stereocenters. The molecular formula is C14H19NO2. The van der Waals surface area contributed by atoms with Crippen molar-refractivity contribution in [1.29, 1.82) is 0 Å². The molecule has 0 spiro atoms. The molecule has 0 radical (unpaired) electrons. The molecule has 1 aromatic carbocycles. The Kier molecular flexibility index (Phi) is 3.48. The van der Waals surface area contributed by atoms with Crippen LogP contribution in [0.15, 0.2) is 18.2 Å². The number of carbonyl (C=O) groups is 1. The second kappa shape index (κ2) is 4.88. The van der Waals surface area contributed by atoms with Crippen LogP contribution in [-0.2, 0) is 0 Å². The van der Waals surface area contributed by atoms with Gasteiger partial charge in [-0.1, -0.05) is 11.6 Å². The van der Waals surface area contributed by atoms with Crippen molar-refractivity contribution in [3.8, 4) is 5.75 Å². The molecule has 1 aliphatic rings. The third kappa shape index (κ3) is 2.86. The van der Waals surface area contributed by atoms with E-state index in [0.29, 0.717) is 23.7 Å². The zero-order valence-electron chi connectivity index (χ0n) is 10.4. The lowest BCUT2D eigenvalue weighted by molar-refractivity contribution is 0.0968. The van der Waals surface area contributed by atoms with E-state index in [-0.39, 0.29) is 11.8 Å². The minimum Gasteiger partial charge on any atom is -0.496 e. The molecular weight excluding hydrogens is 214 g/mol. The maximum Gasteiger partial charge on any atom is 0.168 e. The monoisotopic (exact) mass is 233 g/mol. The molecule has 0 heterocycles. The quantitative estimate of drug-likeness (QED) is 0.794. The Morgan fingerprint density at radius 3 is 2.82 bits per heavy atom. The number of ketones is 1. The highest BCUT2D eigenvalue weighted by Crippen LogP contribution is 2.33. The minimum absolute atomic E-state index is 0.00715. The molecule has 17 heavy (non-hydrogen) atoms. The van der Waals surface area contributed by atoms with E-state index in [1.54, 1.807) is 7.11 Å². The predicted octanol–water partition coefficient (Wildman–Crippen LogP) is 2.31. The number of carbonyl (C=O) groups excluding carboxylic acids is 1. The summed E-state index contributed by atoms with van der Waals surface area (Å²) in [6, 6.07) is 5.66. The van der Waals surface area contributed by atoms with Gasteiger partial charge in [-0.3, -0.25) is 4.79 Å². The van der Waals surface area contributed by atoms with Gasteiger partial charge in [-0.2, -0.15) is 0 Å². The summed E-state index contributed by atoms with van der Waals surface area (Å²) in [6.07, 6.45) is 2.75. The fourth-order valence-electron chi connectivity index (χ4n) is 2.05. The molecule has 1 fully saturated rings. The Bertz CT molecular complexity index is 424. The van der Waals surface area contributed by atoms with Crippen LogP contribution in [0.4, 0.5) is 0 Å². The number of ether oxygens (including phenoxy) is 1. The van der Waals surface area contributed by atoms with Gasteiger partial charge >= 0.3 is 0 Å². The van der Waals surface area contributed by atoms with E-state index in [2.05, 4.69) is 0 Å². The Hall–Kier alpha value is -1.35. The molecule has 2 rings (SSSR count). The van der Waals surface area contributed by atoms with E-state index in [9.17, 15) is 4.79 Å². The van der Waals surface area contributed by atoms with Crippen LogP contribution in [0.25, 0.3) is 0 Å². The first kappa shape index (κ1) is 12.1. The van der Waals surface area contributed by atoms with Crippen molar-refractivity contribution in [3.63, 3.8) is 0 Å². The first-order chi connectivity index (χ1) is 8.11. The lowest BCUT2D eigenvalue weighted by Gasteiger charge is -2.12. The molecule has 1 unspecified atom stereocenters. The third-order valence-corrected chi connectivity index (χ3v) is 3.30. The first-order valence-corrected chi connectivity index (χ1v) is 6.05. The van der Waals surface area contributed by atoms with Gasteiger partial charge in [0.05, 0.1) is 12.7 Å². The Labute approximate surface area is 102 Å². The van der Waals surface area contributed by atoms with E-state index in [1.807, 2.05) is 25.1 Å². The molecule has 1 aromatic rings. The van der Waals surface area contributed by atoms with Crippen molar-refractivity contribution >= 4 is 5.78 Å². The number of methoxy groups -OCH3 is 1. The van der Waals surface area contributed by atoms with Crippen molar-refractivity contribution in [2.75, 3.05) is 7.11 Å². The van der Waals surface area contributed by atoms with Gasteiger partial charge in [0.25, 0.3) is 0 Å². The molecule has 0 saturated heterocycles. The van der Waals surface area contributed by atoms with Crippen molar-refractivity contribution in [2.45, 2.75) is 32.2 Å². The van der Waals surface area contributed by atoms with Crippen molar-refractivity contribution < 1.29 is 9.53 Å². The van der Waals surface area contributed by atoms with Gasteiger partial charge in [0.2, 0.25) is 0 Å². The molecule has 1 aliphatic carbocycles. The molecule has 0 aliphatic heterocycles. The molecule has 0 aromatic heterocycles. The predicted molar refractivity (Wildman–Crippen MR) is 67.4 cm³/mol. The van der Waals surface area contributed by atoms with Crippen LogP contribution < -0.4 is 10.5 Å². The number of aryl methyl sites for hydroxylation is 1. The molecule has 0 bridgehead atoms. The summed E-state index contributed by atoms with van der Waals surface area (Å²) in [4.78, 5) is 12.2. The van der Waals surface area contributed by atoms with Gasteiger partial charge in [0.1, 0.15) is 5.75 Å². The van der Waals surface area contributed by atoms with Gasteiger partial charge in [-0.25, -0.2) is 0 Å². The van der Waals surface area contributed by atoms with Gasteiger partial charge in [0, 0.05) is 12.5 Å². The normalized spacial score (nSPS) is 16.6. The summed E-state index contributed by atoms with van der Waals surface area (Å²) in [5, 5.41) is 0. The summed E-state index contributed by atoms with van der Waals surface area (Å²) in [6.45, 7) is 1.97. The lowest BCUT2D eigenvalue weighted by atomic mass is 9.99. The Morgan fingerprint density at radius 2 is 2.24 bits per heavy atom. The summed E-state index contributed by atoms with van der Waals surface area (Å²) in [7, 11) is 1.59. The average molecular weight is 233 g/mol. The summed E-state index contributed by atoms with van der Waals surface area (Å²) in [5.41, 5.74) is 7.71. The second-order valence-electron chi connectivity index (χ2n) is 4.83. The van der Waals surface area contributed by atoms with Crippen LogP contribution in [0, 0.1) is 12.8 Å². The number of Topliss-reactive ketones (excluding diaryl/α,β-unsaturated/α-hetero) is 1. The van der Waals surface area contributed by atoms with Gasteiger partial charge < -0.3 is 10.5 Å². The first-order valence-electron chi connectivity index (χ1n) is 6.05. The fourth-order valence-corrected chi connectivity index (χ4v) is 2.05. The van der Waals surface area contributed by atoms with Crippen LogP contribution in [0.5, 0.6) is 5.75 Å². The number of hydrogen-bond donors (Lipinski definition) is 1. The number of hydrogen-bond acceptors (Lipinski definition) is 3. The highest BCUT2D eigenvalue weighted by atomic mass is 16.5. The highest BCUT2D eigenvalue weighted by molar-refractivity contribution is 5.99. The number of benzene rings is 1. The molecule has 1 saturated carbocycles. The van der Waals surface area contributed by atoms with Crippen LogP contribution in [0.1, 0.15) is 35.2 Å². The van der Waals surface area contributed by atoms with E-state index in [4.69, 9.17) is 10.5 Å². The largest absolute Gasteiger partial charge is 0.496 e. The van der Waals surface area contributed by atoms with Crippen LogP contribution >= 0.6 is 0 Å². The van der Waals surface area contributed by atoms with Gasteiger partial charge in [0.15, 0.2) is 5.78 Å². The van der Waals surface area contributed by atoms with Crippen molar-refractivity contribution in [2.24, 2.45) is 11.7 Å². The van der Waals surface area contributed by atoms with E-state index in [1.165, 1.54) is 12.8 Å². The SMILES string of the molecule is COc1ccc(C)cc1C(=O)CC(N)C1CC1. The fraction of sp³-hybridized carbons (Fsp3) is 0.500. The summed E-state index contributed by atoms with van der Waals surface area (Å²) in [5.74, 6) is 1.28. The maximum atomic E-state index is 12.2. The van der Waals surface area contributed by atoms with E-state index < -0.39 is 0 Å². The standard InChI is InChI=1S/C14H19NO2/c1-9-3-6-14(17-2)11(7-9)13(16)8-12(15)10-4-5-10/h3,6-7,10,12H,4-5,8,15H2,1-2H3. The van der Waals surface area contributed by atoms with Gasteiger partial charge in [-0.05, 0) is 37.8 Å². The topological polar surface area (TPSA) is 52.3 Å². The van der Waals surface area contributed by atoms with Crippen LogP contribution in [-0.4, -0.2) is 18.9 Å². The zero-order chi connectivity index (χ0) is 12.4. The minimum atomic E-state index is 0.00715. The van der Waals surface area contributed by atoms with Gasteiger partial charge in [-0.15, -0.1) is 0 Å². The molecule has 2 N–H and O–H groups in total. The lowest BCUT2D eigenvalue weighted by Crippen LogP contribution is -2.26. The van der Waals surface area contributed by atoms with E-state index >= 15 is 0 Å². The molecule has 0 amide bonds. The second-order valence-corrected chi connectivity index (χ2v) is 4.83. The van der Waals surface area contributed by atoms with Crippen molar-refractivity contribution in [3.05, 3.63) is 29.3 Å². The Morgan fingerprint density at radius 1 is 1.53 bits per heavy atom. The Balaban J connectivity index is 2.14. The molecule has 3 heteroatoms. The van der Waals surface area contributed by atoms with Crippen LogP contribution in [0.2, 0.25) is 0 Å². The zero-order valence-corrected chi connectivity index (χ0v) is 10.4. The smallest absolute Gasteiger partial charge is 0.168 e. The summed E-state index contributed by atoms with van der Waals surface area (Å²) >= 11 is 0. The van der Waals surface area contributed by atoms with Crippen molar-refractivity contribution in [1.82, 2.24) is 0 Å². The highest BCUT2D eigenvalue weighted by Gasteiger charge is 2.30. The van der Waals surface area contributed by atoms with Crippen LogP contribution in [0.3, 0.4) is 0 Å². The molecule has 3 nitrogen and oxygen atoms in total. The van der Waals surface area contributed by atoms with E-state index in [0.717, 1.165) is 5.56 Å². The third-order valence-electron chi connectivity index (χ3n) is 3.30. The number of rotatable bonds is 5.